The van der Waals surface area contributed by atoms with Gasteiger partial charge in [-0.25, -0.2) is 16.8 Å². The van der Waals surface area contributed by atoms with Crippen molar-refractivity contribution in [3.05, 3.63) is 64.7 Å². The van der Waals surface area contributed by atoms with E-state index in [9.17, 15) is 16.8 Å². The molecule has 1 saturated carbocycles. The SMILES string of the molecule is CS(=O)(=O)c1cccc(CCN([C@H]2CC[C@](CN)(c3cccc(Cl)c3)CC2)S(C)(=O)=O)c1.Cl. The average molecular weight is 536 g/mol. The molecule has 1 aliphatic carbocycles. The quantitative estimate of drug-likeness (QED) is 0.555. The van der Waals surface area contributed by atoms with Crippen molar-refractivity contribution in [1.82, 2.24) is 4.31 Å². The zero-order valence-electron chi connectivity index (χ0n) is 18.9. The van der Waals surface area contributed by atoms with Crippen LogP contribution >= 0.6 is 24.0 Å². The van der Waals surface area contributed by atoms with E-state index in [0.717, 1.165) is 24.0 Å². The average Bonchev–Trinajstić information content (AvgIpc) is 2.73. The number of nitrogens with zero attached hydrogens (tertiary/aromatic N) is 1. The van der Waals surface area contributed by atoms with Gasteiger partial charge in [-0.3, -0.25) is 0 Å². The third-order valence-corrected chi connectivity index (χ3v) is 9.20. The van der Waals surface area contributed by atoms with E-state index >= 15 is 0 Å². The maximum Gasteiger partial charge on any atom is 0.211 e. The molecule has 0 spiro atoms. The number of benzene rings is 2. The maximum absolute atomic E-state index is 12.6. The van der Waals surface area contributed by atoms with Gasteiger partial charge < -0.3 is 5.73 Å². The summed E-state index contributed by atoms with van der Waals surface area (Å²) >= 11 is 6.19. The van der Waals surface area contributed by atoms with Crippen molar-refractivity contribution in [1.29, 1.82) is 0 Å². The molecule has 0 bridgehead atoms. The van der Waals surface area contributed by atoms with Crippen LogP contribution in [0.3, 0.4) is 0 Å². The molecule has 10 heteroatoms. The molecule has 1 aliphatic rings. The summed E-state index contributed by atoms with van der Waals surface area (Å²) in [6.07, 6.45) is 5.83. The lowest BCUT2D eigenvalue weighted by Gasteiger charge is -2.43. The number of nitrogens with two attached hydrogens (primary N) is 1. The molecule has 0 aromatic heterocycles. The molecule has 0 aliphatic heterocycles. The van der Waals surface area contributed by atoms with E-state index in [2.05, 4.69) is 0 Å². The Morgan fingerprint density at radius 1 is 1.03 bits per heavy atom. The zero-order chi connectivity index (χ0) is 23.6. The number of rotatable bonds is 8. The molecule has 2 N–H and O–H groups in total. The molecule has 2 aromatic rings. The standard InChI is InChI=1S/C23H31ClN2O4S2.ClH/c1-31(27,28)22-8-3-5-18(15-22)11-14-26(32(2,29)30)21-9-12-23(17-25,13-10-21)19-6-4-7-20(24)16-19;/h3-8,15-16,21H,9-14,17,25H2,1-2H3;1H/t21-,23-;. The van der Waals surface area contributed by atoms with Crippen molar-refractivity contribution < 1.29 is 16.8 Å². The molecular weight excluding hydrogens is 503 g/mol. The first kappa shape index (κ1) is 28.1. The van der Waals surface area contributed by atoms with Crippen molar-refractivity contribution in [2.24, 2.45) is 5.73 Å². The lowest BCUT2D eigenvalue weighted by atomic mass is 9.68. The Bertz CT molecular complexity index is 1160. The summed E-state index contributed by atoms with van der Waals surface area (Å²) in [6, 6.07) is 14.3. The Hall–Kier alpha value is -1.16. The first-order chi connectivity index (χ1) is 14.9. The van der Waals surface area contributed by atoms with Gasteiger partial charge in [0.1, 0.15) is 0 Å². The van der Waals surface area contributed by atoms with Gasteiger partial charge in [0.25, 0.3) is 0 Å². The van der Waals surface area contributed by atoms with Gasteiger partial charge in [-0.2, -0.15) is 4.31 Å². The van der Waals surface area contributed by atoms with Crippen LogP contribution in [0, 0.1) is 0 Å². The summed E-state index contributed by atoms with van der Waals surface area (Å²) in [6.45, 7) is 0.792. The molecule has 0 atom stereocenters. The van der Waals surface area contributed by atoms with E-state index in [1.54, 1.807) is 22.5 Å². The predicted molar refractivity (Wildman–Crippen MR) is 136 cm³/mol. The fourth-order valence-corrected chi connectivity index (χ4v) is 6.72. The molecule has 0 radical (unpaired) electrons. The molecule has 3 rings (SSSR count). The first-order valence-corrected chi connectivity index (χ1v) is 14.8. The minimum absolute atomic E-state index is 0. The van der Waals surface area contributed by atoms with Gasteiger partial charge in [0.05, 0.1) is 11.2 Å². The summed E-state index contributed by atoms with van der Waals surface area (Å²) in [5, 5.41) is 0.673. The smallest absolute Gasteiger partial charge is 0.211 e. The van der Waals surface area contributed by atoms with Gasteiger partial charge in [0, 0.05) is 35.8 Å². The van der Waals surface area contributed by atoms with Crippen molar-refractivity contribution >= 4 is 43.9 Å². The highest BCUT2D eigenvalue weighted by molar-refractivity contribution is 7.90. The van der Waals surface area contributed by atoms with Gasteiger partial charge in [0.2, 0.25) is 10.0 Å². The highest BCUT2D eigenvalue weighted by Gasteiger charge is 2.39. The second kappa shape index (κ2) is 11.1. The predicted octanol–water partition coefficient (Wildman–Crippen LogP) is 3.81. The Morgan fingerprint density at radius 3 is 2.21 bits per heavy atom. The van der Waals surface area contributed by atoms with E-state index in [-0.39, 0.29) is 28.8 Å². The van der Waals surface area contributed by atoms with E-state index in [1.807, 2.05) is 30.3 Å². The van der Waals surface area contributed by atoms with Crippen LogP contribution in [0.1, 0.15) is 36.8 Å². The van der Waals surface area contributed by atoms with Crippen molar-refractivity contribution in [3.63, 3.8) is 0 Å². The lowest BCUT2D eigenvalue weighted by Crippen LogP contribution is -2.47. The molecule has 2 aromatic carbocycles. The van der Waals surface area contributed by atoms with Crippen LogP contribution < -0.4 is 5.73 Å². The summed E-state index contributed by atoms with van der Waals surface area (Å²) in [7, 11) is -6.74. The normalized spacial score (nSPS) is 21.5. The minimum Gasteiger partial charge on any atom is -0.330 e. The number of sulfone groups is 1. The van der Waals surface area contributed by atoms with Crippen molar-refractivity contribution in [3.8, 4) is 0 Å². The van der Waals surface area contributed by atoms with Gasteiger partial charge in [0.15, 0.2) is 9.84 Å². The summed E-state index contributed by atoms with van der Waals surface area (Å²) in [5.74, 6) is 0. The molecule has 1 fully saturated rings. The molecule has 0 unspecified atom stereocenters. The topological polar surface area (TPSA) is 97.5 Å². The van der Waals surface area contributed by atoms with E-state index < -0.39 is 19.9 Å². The van der Waals surface area contributed by atoms with Gasteiger partial charge in [-0.05, 0) is 67.5 Å². The summed E-state index contributed by atoms with van der Waals surface area (Å²) < 4.78 is 50.5. The van der Waals surface area contributed by atoms with Crippen LogP contribution in [0.4, 0.5) is 0 Å². The molecule has 0 saturated heterocycles. The Morgan fingerprint density at radius 2 is 1.67 bits per heavy atom. The molecule has 6 nitrogen and oxygen atoms in total. The largest absolute Gasteiger partial charge is 0.330 e. The molecule has 0 heterocycles. The highest BCUT2D eigenvalue weighted by atomic mass is 35.5. The van der Waals surface area contributed by atoms with Crippen LogP contribution in [0.2, 0.25) is 5.02 Å². The van der Waals surface area contributed by atoms with E-state index in [4.69, 9.17) is 17.3 Å². The summed E-state index contributed by atoms with van der Waals surface area (Å²) in [4.78, 5) is 0.243. The van der Waals surface area contributed by atoms with Crippen LogP contribution in [-0.4, -0.2) is 52.8 Å². The Labute approximate surface area is 208 Å². The second-order valence-corrected chi connectivity index (χ2v) is 13.2. The molecular formula is C23H32Cl2N2O4S2. The monoisotopic (exact) mass is 534 g/mol. The number of hydrogen-bond donors (Lipinski definition) is 1. The van der Waals surface area contributed by atoms with Crippen LogP contribution in [-0.2, 0) is 31.7 Å². The number of halogens is 2. The van der Waals surface area contributed by atoms with Crippen LogP contribution in [0.5, 0.6) is 0 Å². The highest BCUT2D eigenvalue weighted by Crippen LogP contribution is 2.41. The molecule has 33 heavy (non-hydrogen) atoms. The minimum atomic E-state index is -3.43. The van der Waals surface area contributed by atoms with Crippen LogP contribution in [0.25, 0.3) is 0 Å². The van der Waals surface area contributed by atoms with Crippen molar-refractivity contribution in [2.75, 3.05) is 25.6 Å². The third kappa shape index (κ3) is 6.93. The third-order valence-electron chi connectivity index (χ3n) is 6.52. The fraction of sp³-hybridized carbons (Fsp3) is 0.478. The lowest BCUT2D eigenvalue weighted by molar-refractivity contribution is 0.193. The van der Waals surface area contributed by atoms with E-state index in [0.29, 0.717) is 37.4 Å². The molecule has 0 amide bonds. The van der Waals surface area contributed by atoms with E-state index in [1.165, 1.54) is 12.5 Å². The Balaban J connectivity index is 0.00000385. The summed E-state index contributed by atoms with van der Waals surface area (Å²) in [5.41, 5.74) is 7.89. The number of sulfonamides is 1. The zero-order valence-corrected chi connectivity index (χ0v) is 22.1. The molecule has 184 valence electrons. The fourth-order valence-electron chi connectivity index (χ4n) is 4.66. The van der Waals surface area contributed by atoms with Gasteiger partial charge in [-0.1, -0.05) is 35.9 Å². The maximum atomic E-state index is 12.6. The van der Waals surface area contributed by atoms with Gasteiger partial charge in [-0.15, -0.1) is 12.4 Å². The van der Waals surface area contributed by atoms with Crippen molar-refractivity contribution in [2.45, 2.75) is 48.5 Å². The number of hydrogen-bond acceptors (Lipinski definition) is 5. The Kier molecular flexibility index (Phi) is 9.41. The first-order valence-electron chi connectivity index (χ1n) is 10.7. The van der Waals surface area contributed by atoms with Crippen LogP contribution in [0.15, 0.2) is 53.4 Å². The second-order valence-electron chi connectivity index (χ2n) is 8.77. The van der Waals surface area contributed by atoms with Gasteiger partial charge >= 0.3 is 0 Å².